The van der Waals surface area contributed by atoms with Crippen molar-refractivity contribution in [3.8, 4) is 0 Å². The van der Waals surface area contributed by atoms with Crippen molar-refractivity contribution in [1.29, 1.82) is 0 Å². The molecule has 1 aromatic heterocycles. The summed E-state index contributed by atoms with van der Waals surface area (Å²) in [6, 6.07) is 2.02. The lowest BCUT2D eigenvalue weighted by Gasteiger charge is -2.07. The zero-order valence-corrected chi connectivity index (χ0v) is 10.7. The van der Waals surface area contributed by atoms with Gasteiger partial charge in [0, 0.05) is 31.2 Å². The molecule has 1 unspecified atom stereocenters. The molecule has 0 amide bonds. The third-order valence-electron chi connectivity index (χ3n) is 2.52. The van der Waals surface area contributed by atoms with E-state index in [9.17, 15) is 8.42 Å². The van der Waals surface area contributed by atoms with Crippen LogP contribution in [0.25, 0.3) is 0 Å². The Hall–Kier alpha value is -0.810. The van der Waals surface area contributed by atoms with Crippen LogP contribution in [0.4, 0.5) is 0 Å². The lowest BCUT2D eigenvalue weighted by molar-refractivity contribution is 0.594. The van der Waals surface area contributed by atoms with E-state index in [-0.39, 0.29) is 11.8 Å². The first kappa shape index (κ1) is 13.3. The molecule has 2 N–H and O–H groups in total. The Balaban J connectivity index is 2.58. The highest BCUT2D eigenvalue weighted by Crippen LogP contribution is 2.15. The van der Waals surface area contributed by atoms with Gasteiger partial charge in [-0.2, -0.15) is 0 Å². The molecule has 16 heavy (non-hydrogen) atoms. The monoisotopic (exact) mass is 244 g/mol. The zero-order chi connectivity index (χ0) is 12.2. The van der Waals surface area contributed by atoms with Gasteiger partial charge in [-0.05, 0) is 18.1 Å². The van der Waals surface area contributed by atoms with Gasteiger partial charge in [-0.3, -0.25) is 0 Å². The van der Waals surface area contributed by atoms with Gasteiger partial charge >= 0.3 is 0 Å². The predicted octanol–water partition coefficient (Wildman–Crippen LogP) is 1.33. The summed E-state index contributed by atoms with van der Waals surface area (Å²) in [6.07, 6.45) is 7.08. The van der Waals surface area contributed by atoms with Gasteiger partial charge in [0.2, 0.25) is 0 Å². The minimum atomic E-state index is -2.90. The van der Waals surface area contributed by atoms with E-state index < -0.39 is 9.84 Å². The van der Waals surface area contributed by atoms with Gasteiger partial charge in [-0.15, -0.1) is 0 Å². The number of hydrogen-bond acceptors (Lipinski definition) is 3. The summed E-state index contributed by atoms with van der Waals surface area (Å²) >= 11 is 0. The van der Waals surface area contributed by atoms with Gasteiger partial charge in [0.1, 0.15) is 9.84 Å². The number of aromatic nitrogens is 1. The Morgan fingerprint density at radius 3 is 2.75 bits per heavy atom. The minimum Gasteiger partial charge on any atom is -0.353 e. The van der Waals surface area contributed by atoms with Crippen LogP contribution in [0.2, 0.25) is 0 Å². The first-order valence-electron chi connectivity index (χ1n) is 5.51. The fraction of sp³-hybridized carbons (Fsp3) is 0.636. The number of sulfone groups is 1. The van der Waals surface area contributed by atoms with E-state index in [4.69, 9.17) is 5.73 Å². The number of nitrogens with zero attached hydrogens (tertiary/aromatic N) is 1. The Labute approximate surface area is 97.4 Å². The second-order valence-corrected chi connectivity index (χ2v) is 6.47. The van der Waals surface area contributed by atoms with Gasteiger partial charge in [0.25, 0.3) is 0 Å². The maximum Gasteiger partial charge on any atom is 0.149 e. The molecule has 92 valence electrons. The highest BCUT2D eigenvalue weighted by Gasteiger charge is 2.07. The van der Waals surface area contributed by atoms with Crippen molar-refractivity contribution >= 4 is 9.84 Å². The fourth-order valence-corrected chi connectivity index (χ4v) is 2.11. The van der Waals surface area contributed by atoms with Gasteiger partial charge in [0.15, 0.2) is 0 Å². The summed E-state index contributed by atoms with van der Waals surface area (Å²) in [7, 11) is -2.90. The molecule has 0 saturated carbocycles. The molecular formula is C11H20N2O2S. The van der Waals surface area contributed by atoms with Crippen LogP contribution in [0, 0.1) is 0 Å². The second kappa shape index (κ2) is 5.50. The molecular weight excluding hydrogens is 224 g/mol. The van der Waals surface area contributed by atoms with Gasteiger partial charge in [-0.1, -0.05) is 13.3 Å². The molecule has 1 aromatic rings. The Bertz CT molecular complexity index is 423. The van der Waals surface area contributed by atoms with Crippen LogP contribution in [0.5, 0.6) is 0 Å². The number of aryl methyl sites for hydroxylation is 1. The predicted molar refractivity (Wildman–Crippen MR) is 66.0 cm³/mol. The molecule has 5 heteroatoms. The standard InChI is InChI=1S/C11H20N2O2S/c1-3-4-11(12)10-5-6-13(9-10)7-8-16(2,14)15/h5-6,9,11H,3-4,7-8,12H2,1-2H3. The summed E-state index contributed by atoms with van der Waals surface area (Å²) in [5.74, 6) is 0.171. The van der Waals surface area contributed by atoms with E-state index in [2.05, 4.69) is 6.92 Å². The van der Waals surface area contributed by atoms with E-state index in [1.165, 1.54) is 6.26 Å². The summed E-state index contributed by atoms with van der Waals surface area (Å²) in [5.41, 5.74) is 7.05. The number of rotatable bonds is 6. The van der Waals surface area contributed by atoms with Crippen molar-refractivity contribution in [1.82, 2.24) is 4.57 Å². The largest absolute Gasteiger partial charge is 0.353 e. The smallest absolute Gasteiger partial charge is 0.149 e. The Morgan fingerprint density at radius 2 is 2.19 bits per heavy atom. The van der Waals surface area contributed by atoms with Crippen molar-refractivity contribution in [2.75, 3.05) is 12.0 Å². The highest BCUT2D eigenvalue weighted by atomic mass is 32.2. The average Bonchev–Trinajstić information content (AvgIpc) is 2.62. The van der Waals surface area contributed by atoms with E-state index in [0.717, 1.165) is 18.4 Å². The topological polar surface area (TPSA) is 65.1 Å². The highest BCUT2D eigenvalue weighted by molar-refractivity contribution is 7.90. The quantitative estimate of drug-likeness (QED) is 0.821. The van der Waals surface area contributed by atoms with E-state index in [1.54, 1.807) is 0 Å². The lowest BCUT2D eigenvalue weighted by atomic mass is 10.1. The van der Waals surface area contributed by atoms with Gasteiger partial charge < -0.3 is 10.3 Å². The Morgan fingerprint density at radius 1 is 1.50 bits per heavy atom. The lowest BCUT2D eigenvalue weighted by Crippen LogP contribution is -2.11. The molecule has 0 spiro atoms. The van der Waals surface area contributed by atoms with E-state index >= 15 is 0 Å². The SMILES string of the molecule is CCCC(N)c1ccn(CCS(C)(=O)=O)c1. The molecule has 0 aliphatic carbocycles. The molecule has 1 atom stereocenters. The molecule has 0 aromatic carbocycles. The summed E-state index contributed by atoms with van der Waals surface area (Å²) in [5, 5.41) is 0. The van der Waals surface area contributed by atoms with E-state index in [1.807, 2.05) is 23.0 Å². The molecule has 0 bridgehead atoms. The third-order valence-corrected chi connectivity index (χ3v) is 3.45. The van der Waals surface area contributed by atoms with Crippen molar-refractivity contribution in [2.24, 2.45) is 5.73 Å². The summed E-state index contributed by atoms with van der Waals surface area (Å²) in [6.45, 7) is 2.60. The maximum atomic E-state index is 11.0. The zero-order valence-electron chi connectivity index (χ0n) is 9.89. The molecule has 0 aliphatic rings. The number of hydrogen-bond donors (Lipinski definition) is 1. The average molecular weight is 244 g/mol. The summed E-state index contributed by atoms with van der Waals surface area (Å²) in [4.78, 5) is 0. The fourth-order valence-electron chi connectivity index (χ4n) is 1.57. The summed E-state index contributed by atoms with van der Waals surface area (Å²) < 4.78 is 23.9. The van der Waals surface area contributed by atoms with Crippen molar-refractivity contribution in [3.63, 3.8) is 0 Å². The molecule has 1 rings (SSSR count). The van der Waals surface area contributed by atoms with Crippen molar-refractivity contribution < 1.29 is 8.42 Å². The maximum absolute atomic E-state index is 11.0. The van der Waals surface area contributed by atoms with E-state index in [0.29, 0.717) is 6.54 Å². The van der Waals surface area contributed by atoms with Crippen LogP contribution in [0.1, 0.15) is 31.4 Å². The van der Waals surface area contributed by atoms with Crippen LogP contribution in [0.15, 0.2) is 18.5 Å². The number of nitrogens with two attached hydrogens (primary N) is 1. The minimum absolute atomic E-state index is 0.0597. The van der Waals surface area contributed by atoms with Gasteiger partial charge in [0.05, 0.1) is 5.75 Å². The van der Waals surface area contributed by atoms with Crippen LogP contribution in [0.3, 0.4) is 0 Å². The molecule has 0 radical (unpaired) electrons. The molecule has 0 fully saturated rings. The molecule has 1 heterocycles. The van der Waals surface area contributed by atoms with Crippen molar-refractivity contribution in [3.05, 3.63) is 24.0 Å². The van der Waals surface area contributed by atoms with Crippen LogP contribution < -0.4 is 5.73 Å². The molecule has 4 nitrogen and oxygen atoms in total. The first-order chi connectivity index (χ1) is 7.42. The Kier molecular flexibility index (Phi) is 4.56. The van der Waals surface area contributed by atoms with Crippen LogP contribution in [-0.4, -0.2) is 25.0 Å². The normalized spacial score (nSPS) is 13.9. The van der Waals surface area contributed by atoms with Crippen LogP contribution in [-0.2, 0) is 16.4 Å². The first-order valence-corrected chi connectivity index (χ1v) is 7.57. The molecule has 0 aliphatic heterocycles. The third kappa shape index (κ3) is 4.37. The second-order valence-electron chi connectivity index (χ2n) is 4.21. The van der Waals surface area contributed by atoms with Crippen molar-refractivity contribution in [2.45, 2.75) is 32.4 Å². The molecule has 0 saturated heterocycles. The van der Waals surface area contributed by atoms with Gasteiger partial charge in [-0.25, -0.2) is 8.42 Å². The van der Waals surface area contributed by atoms with Crippen LogP contribution >= 0.6 is 0 Å².